The van der Waals surface area contributed by atoms with E-state index < -0.39 is 17.5 Å². The minimum absolute atomic E-state index is 0. The van der Waals surface area contributed by atoms with Gasteiger partial charge in [-0.1, -0.05) is 30.3 Å². The third-order valence-corrected chi connectivity index (χ3v) is 7.42. The molecule has 1 fully saturated rings. The Balaban J connectivity index is 0.00000323. The molecule has 3 aromatic carbocycles. The van der Waals surface area contributed by atoms with Gasteiger partial charge in [-0.3, -0.25) is 14.3 Å². The molecule has 0 spiro atoms. The van der Waals surface area contributed by atoms with Crippen LogP contribution in [0.2, 0.25) is 0 Å². The summed E-state index contributed by atoms with van der Waals surface area (Å²) in [7, 11) is 1.75. The van der Waals surface area contributed by atoms with Crippen molar-refractivity contribution in [1.29, 1.82) is 0 Å². The summed E-state index contributed by atoms with van der Waals surface area (Å²) in [5, 5.41) is 12.7. The van der Waals surface area contributed by atoms with Gasteiger partial charge in [0, 0.05) is 25.7 Å². The van der Waals surface area contributed by atoms with Crippen molar-refractivity contribution in [2.45, 2.75) is 25.9 Å². The van der Waals surface area contributed by atoms with Crippen LogP contribution in [0, 0.1) is 11.2 Å². The van der Waals surface area contributed by atoms with Gasteiger partial charge in [0.2, 0.25) is 5.91 Å². The average molecular weight is 525 g/mol. The summed E-state index contributed by atoms with van der Waals surface area (Å²) in [5.41, 5.74) is 2.55. The van der Waals surface area contributed by atoms with Crippen molar-refractivity contribution >= 4 is 28.4 Å². The van der Waals surface area contributed by atoms with E-state index in [0.717, 1.165) is 22.2 Å². The largest absolute Gasteiger partial charge is 0.344 e. The molecule has 8 nitrogen and oxygen atoms in total. The molecule has 2 amide bonds. The van der Waals surface area contributed by atoms with Crippen LogP contribution in [-0.2, 0) is 11.8 Å². The number of halogens is 1. The Morgan fingerprint density at radius 2 is 1.72 bits per heavy atom. The first-order valence-corrected chi connectivity index (χ1v) is 12.7. The van der Waals surface area contributed by atoms with Crippen LogP contribution < -0.4 is 10.2 Å². The Morgan fingerprint density at radius 3 is 2.41 bits per heavy atom. The predicted octanol–water partition coefficient (Wildman–Crippen LogP) is 5.06. The number of nitrogens with one attached hydrogen (secondary N) is 1. The van der Waals surface area contributed by atoms with Gasteiger partial charge in [-0.2, -0.15) is 10.2 Å². The van der Waals surface area contributed by atoms with E-state index in [-0.39, 0.29) is 19.1 Å². The summed E-state index contributed by atoms with van der Waals surface area (Å²) < 4.78 is 16.8. The van der Waals surface area contributed by atoms with E-state index in [1.54, 1.807) is 51.9 Å². The molecule has 6 rings (SSSR count). The highest BCUT2D eigenvalue weighted by Gasteiger charge is 2.55. The summed E-state index contributed by atoms with van der Waals surface area (Å²) >= 11 is 0. The molecule has 0 bridgehead atoms. The molecule has 1 saturated heterocycles. The zero-order valence-corrected chi connectivity index (χ0v) is 21.7. The van der Waals surface area contributed by atoms with Gasteiger partial charge in [0.25, 0.3) is 5.91 Å². The zero-order chi connectivity index (χ0) is 27.3. The quantitative estimate of drug-likeness (QED) is 0.348. The molecular formula is C30H29FN6O2. The van der Waals surface area contributed by atoms with Gasteiger partial charge in [0.15, 0.2) is 0 Å². The van der Waals surface area contributed by atoms with Gasteiger partial charge in [-0.15, -0.1) is 0 Å². The lowest BCUT2D eigenvalue weighted by molar-refractivity contribution is -0.124. The highest BCUT2D eigenvalue weighted by atomic mass is 19.1. The first kappa shape index (κ1) is 24.5. The lowest BCUT2D eigenvalue weighted by Crippen LogP contribution is -2.46. The molecule has 0 aliphatic carbocycles. The van der Waals surface area contributed by atoms with Gasteiger partial charge in [-0.25, -0.2) is 9.07 Å². The standard InChI is InChI=1S/C30H27FN6O2.H2/c1-30(2)27(33-28(38)24-15-16-35(3)34-24)26(19-7-5-4-6-8-19)36(29(30)39)23-13-14-25-20(17-23)18-32-37(25)22-11-9-21(31)10-12-22;/h4-18,26-27H,1-3H3,(H,33,38);1H/t26-,27-;/m1./s1. The number of carbonyl (C=O) groups excluding carboxylic acids is 2. The van der Waals surface area contributed by atoms with Crippen molar-refractivity contribution in [2.24, 2.45) is 12.5 Å². The summed E-state index contributed by atoms with van der Waals surface area (Å²) in [4.78, 5) is 29.0. The summed E-state index contributed by atoms with van der Waals surface area (Å²) in [6, 6.07) is 22.2. The van der Waals surface area contributed by atoms with Crippen LogP contribution in [-0.4, -0.2) is 37.4 Å². The monoisotopic (exact) mass is 524 g/mol. The molecule has 0 saturated carbocycles. The van der Waals surface area contributed by atoms with Crippen molar-refractivity contribution in [1.82, 2.24) is 24.9 Å². The molecular weight excluding hydrogens is 495 g/mol. The third kappa shape index (κ3) is 4.16. The second-order valence-electron chi connectivity index (χ2n) is 10.4. The number of carbonyl (C=O) groups is 2. The fraction of sp³-hybridized carbons (Fsp3) is 0.200. The normalized spacial score (nSPS) is 18.6. The topological polar surface area (TPSA) is 85.0 Å². The fourth-order valence-corrected chi connectivity index (χ4v) is 5.35. The van der Waals surface area contributed by atoms with Crippen LogP contribution in [0.25, 0.3) is 16.6 Å². The molecule has 2 atom stereocenters. The first-order valence-electron chi connectivity index (χ1n) is 12.7. The molecule has 3 heterocycles. The van der Waals surface area contributed by atoms with Crippen LogP contribution in [0.4, 0.5) is 10.1 Å². The molecule has 5 aromatic rings. The molecule has 198 valence electrons. The molecule has 2 aromatic heterocycles. The van der Waals surface area contributed by atoms with Crippen molar-refractivity contribution in [3.8, 4) is 5.69 Å². The zero-order valence-electron chi connectivity index (χ0n) is 21.7. The van der Waals surface area contributed by atoms with Crippen LogP contribution in [0.1, 0.15) is 37.4 Å². The van der Waals surface area contributed by atoms with Crippen LogP contribution >= 0.6 is 0 Å². The Bertz CT molecular complexity index is 1700. The van der Waals surface area contributed by atoms with Crippen molar-refractivity contribution in [3.63, 3.8) is 0 Å². The summed E-state index contributed by atoms with van der Waals surface area (Å²) in [6.07, 6.45) is 3.44. The van der Waals surface area contributed by atoms with Gasteiger partial charge >= 0.3 is 0 Å². The highest BCUT2D eigenvalue weighted by Crippen LogP contribution is 2.47. The number of nitrogens with zero attached hydrogens (tertiary/aromatic N) is 5. The maximum atomic E-state index is 14.0. The Labute approximate surface area is 226 Å². The van der Waals surface area contributed by atoms with E-state index >= 15 is 0 Å². The number of aromatic nitrogens is 4. The SMILES string of the molecule is Cn1ccc(C(=O)N[C@@H]2[C@@H](c3ccccc3)N(c3ccc4c(cnn4-c4ccc(F)cc4)c3)C(=O)C2(C)C)n1.[HH]. The van der Waals surface area contributed by atoms with Gasteiger partial charge in [0.05, 0.1) is 34.9 Å². The molecule has 1 N–H and O–H groups in total. The second kappa shape index (κ2) is 9.20. The van der Waals surface area contributed by atoms with E-state index in [0.29, 0.717) is 11.4 Å². The lowest BCUT2D eigenvalue weighted by Gasteiger charge is -2.30. The third-order valence-electron chi connectivity index (χ3n) is 7.42. The number of benzene rings is 3. The van der Waals surface area contributed by atoms with Crippen molar-refractivity contribution in [2.75, 3.05) is 4.90 Å². The van der Waals surface area contributed by atoms with E-state index in [1.807, 2.05) is 62.4 Å². The number of rotatable bonds is 5. The second-order valence-corrected chi connectivity index (χ2v) is 10.4. The lowest BCUT2D eigenvalue weighted by atomic mass is 9.82. The molecule has 39 heavy (non-hydrogen) atoms. The van der Waals surface area contributed by atoms with Gasteiger partial charge in [0.1, 0.15) is 11.5 Å². The minimum Gasteiger partial charge on any atom is -0.344 e. The number of amides is 2. The van der Waals surface area contributed by atoms with E-state index in [9.17, 15) is 14.0 Å². The maximum Gasteiger partial charge on any atom is 0.272 e. The van der Waals surface area contributed by atoms with Crippen LogP contribution in [0.5, 0.6) is 0 Å². The fourth-order valence-electron chi connectivity index (χ4n) is 5.35. The predicted molar refractivity (Wildman–Crippen MR) is 148 cm³/mol. The Hall–Kier alpha value is -4.79. The molecule has 0 unspecified atom stereocenters. The number of hydrogen-bond acceptors (Lipinski definition) is 4. The first-order chi connectivity index (χ1) is 18.7. The van der Waals surface area contributed by atoms with Crippen LogP contribution in [0.15, 0.2) is 91.3 Å². The van der Waals surface area contributed by atoms with E-state index in [1.165, 1.54) is 12.1 Å². The summed E-state index contributed by atoms with van der Waals surface area (Å²) in [6.45, 7) is 3.72. The van der Waals surface area contributed by atoms with E-state index in [4.69, 9.17) is 0 Å². The summed E-state index contributed by atoms with van der Waals surface area (Å²) in [5.74, 6) is -0.752. The average Bonchev–Trinajstić information content (AvgIpc) is 3.61. The minimum atomic E-state index is -0.905. The molecule has 1 aliphatic rings. The van der Waals surface area contributed by atoms with Crippen LogP contribution in [0.3, 0.4) is 0 Å². The Kier molecular flexibility index (Phi) is 5.79. The van der Waals surface area contributed by atoms with Crippen molar-refractivity contribution < 1.29 is 15.4 Å². The molecule has 1 aliphatic heterocycles. The highest BCUT2D eigenvalue weighted by molar-refractivity contribution is 6.04. The van der Waals surface area contributed by atoms with Crippen molar-refractivity contribution in [3.05, 3.63) is 108 Å². The maximum absolute atomic E-state index is 14.0. The molecule has 9 heteroatoms. The number of anilines is 1. The van der Waals surface area contributed by atoms with Gasteiger partial charge in [-0.05, 0) is 67.9 Å². The number of hydrogen-bond donors (Lipinski definition) is 1. The smallest absolute Gasteiger partial charge is 0.272 e. The number of aryl methyl sites for hydroxylation is 1. The number of fused-ring (bicyclic) bond motifs is 1. The Morgan fingerprint density at radius 1 is 1.00 bits per heavy atom. The van der Waals surface area contributed by atoms with Gasteiger partial charge < -0.3 is 10.2 Å². The van der Waals surface area contributed by atoms with E-state index in [2.05, 4.69) is 15.5 Å². The molecule has 0 radical (unpaired) electrons.